The summed E-state index contributed by atoms with van der Waals surface area (Å²) >= 11 is 0. The number of carbonyl (C=O) groups excluding carboxylic acids is 1. The summed E-state index contributed by atoms with van der Waals surface area (Å²) in [6, 6.07) is 0. The minimum absolute atomic E-state index is 0.0335. The summed E-state index contributed by atoms with van der Waals surface area (Å²) in [4.78, 5) is 11.7. The number of nitrogens with one attached hydrogen (secondary N) is 1. The highest BCUT2D eigenvalue weighted by Crippen LogP contribution is 2.19. The molecule has 1 heterocycles. The van der Waals surface area contributed by atoms with E-state index in [1.54, 1.807) is 7.11 Å². The van der Waals surface area contributed by atoms with Crippen molar-refractivity contribution in [3.63, 3.8) is 0 Å². The molecule has 1 amide bonds. The molecule has 94 valence electrons. The van der Waals surface area contributed by atoms with E-state index < -0.39 is 0 Å². The normalized spacial score (nSPS) is 25.8. The number of methoxy groups -OCH3 is 1. The van der Waals surface area contributed by atoms with Crippen LogP contribution in [0.1, 0.15) is 26.7 Å². The van der Waals surface area contributed by atoms with Crippen LogP contribution < -0.4 is 11.1 Å². The van der Waals surface area contributed by atoms with Crippen LogP contribution in [0.2, 0.25) is 0 Å². The fraction of sp³-hybridized carbons (Fsp3) is 0.909. The molecule has 1 aliphatic rings. The molecule has 0 aromatic rings. The summed E-state index contributed by atoms with van der Waals surface area (Å²) in [5.41, 5.74) is 5.14. The number of hydrogen-bond donors (Lipinski definition) is 2. The van der Waals surface area contributed by atoms with E-state index in [0.29, 0.717) is 13.1 Å². The molecule has 1 fully saturated rings. The highest BCUT2D eigenvalue weighted by molar-refractivity contribution is 5.81. The number of carbonyl (C=O) groups is 1. The van der Waals surface area contributed by atoms with E-state index >= 15 is 0 Å². The zero-order chi connectivity index (χ0) is 12.2. The Bertz CT molecular complexity index is 243. The SMILES string of the molecule is COC(C)(C)CNC(=O)[C@@H]1CC[C@H](CN)O1. The third-order valence-corrected chi connectivity index (χ3v) is 2.90. The second kappa shape index (κ2) is 5.61. The van der Waals surface area contributed by atoms with Crippen molar-refractivity contribution in [3.8, 4) is 0 Å². The summed E-state index contributed by atoms with van der Waals surface area (Å²) in [5.74, 6) is -0.0684. The Morgan fingerprint density at radius 2 is 2.25 bits per heavy atom. The van der Waals surface area contributed by atoms with Crippen LogP contribution in [-0.4, -0.2) is 43.9 Å². The van der Waals surface area contributed by atoms with Gasteiger partial charge >= 0.3 is 0 Å². The van der Waals surface area contributed by atoms with Gasteiger partial charge in [-0.05, 0) is 26.7 Å². The molecule has 3 N–H and O–H groups in total. The fourth-order valence-corrected chi connectivity index (χ4v) is 1.56. The van der Waals surface area contributed by atoms with Crippen LogP contribution in [0.5, 0.6) is 0 Å². The van der Waals surface area contributed by atoms with Crippen LogP contribution in [0.4, 0.5) is 0 Å². The van der Waals surface area contributed by atoms with Gasteiger partial charge in [0.2, 0.25) is 5.91 Å². The van der Waals surface area contributed by atoms with Gasteiger partial charge in [0.05, 0.1) is 11.7 Å². The van der Waals surface area contributed by atoms with E-state index in [1.165, 1.54) is 0 Å². The average Bonchev–Trinajstić information content (AvgIpc) is 2.74. The molecule has 0 spiro atoms. The Morgan fingerprint density at radius 1 is 1.56 bits per heavy atom. The van der Waals surface area contributed by atoms with Crippen LogP contribution in [0, 0.1) is 0 Å². The molecule has 0 radical (unpaired) electrons. The number of ether oxygens (including phenoxy) is 2. The van der Waals surface area contributed by atoms with E-state index in [-0.39, 0.29) is 23.7 Å². The van der Waals surface area contributed by atoms with E-state index in [1.807, 2.05) is 13.8 Å². The van der Waals surface area contributed by atoms with Crippen molar-refractivity contribution >= 4 is 5.91 Å². The number of rotatable bonds is 5. The number of amides is 1. The van der Waals surface area contributed by atoms with Gasteiger partial charge < -0.3 is 20.5 Å². The first-order valence-electron chi connectivity index (χ1n) is 5.67. The largest absolute Gasteiger partial charge is 0.377 e. The summed E-state index contributed by atoms with van der Waals surface area (Å²) in [6.45, 7) is 4.81. The van der Waals surface area contributed by atoms with Gasteiger partial charge in [0.25, 0.3) is 0 Å². The molecule has 5 heteroatoms. The van der Waals surface area contributed by atoms with Crippen LogP contribution >= 0.6 is 0 Å². The van der Waals surface area contributed by atoms with Crippen molar-refractivity contribution < 1.29 is 14.3 Å². The maximum atomic E-state index is 11.7. The molecular formula is C11H22N2O3. The number of hydrogen-bond acceptors (Lipinski definition) is 4. The van der Waals surface area contributed by atoms with E-state index in [2.05, 4.69) is 5.32 Å². The van der Waals surface area contributed by atoms with Gasteiger partial charge in [-0.1, -0.05) is 0 Å². The second-order valence-electron chi connectivity index (χ2n) is 4.74. The molecule has 16 heavy (non-hydrogen) atoms. The Balaban J connectivity index is 2.31. The zero-order valence-corrected chi connectivity index (χ0v) is 10.3. The third kappa shape index (κ3) is 3.73. The molecule has 0 aliphatic carbocycles. The second-order valence-corrected chi connectivity index (χ2v) is 4.74. The van der Waals surface area contributed by atoms with Crippen LogP contribution in [0.3, 0.4) is 0 Å². The van der Waals surface area contributed by atoms with Gasteiger partial charge in [-0.2, -0.15) is 0 Å². The van der Waals surface area contributed by atoms with Gasteiger partial charge in [0.1, 0.15) is 6.10 Å². The molecule has 0 aromatic heterocycles. The summed E-state index contributed by atoms with van der Waals surface area (Å²) in [7, 11) is 1.63. The summed E-state index contributed by atoms with van der Waals surface area (Å²) < 4.78 is 10.7. The highest BCUT2D eigenvalue weighted by atomic mass is 16.5. The smallest absolute Gasteiger partial charge is 0.249 e. The van der Waals surface area contributed by atoms with Gasteiger partial charge in [-0.15, -0.1) is 0 Å². The lowest BCUT2D eigenvalue weighted by molar-refractivity contribution is -0.133. The molecule has 1 saturated heterocycles. The lowest BCUT2D eigenvalue weighted by atomic mass is 10.1. The maximum Gasteiger partial charge on any atom is 0.249 e. The topological polar surface area (TPSA) is 73.6 Å². The maximum absolute atomic E-state index is 11.7. The Hall–Kier alpha value is -0.650. The molecule has 5 nitrogen and oxygen atoms in total. The van der Waals surface area contributed by atoms with Gasteiger partial charge in [-0.25, -0.2) is 0 Å². The minimum atomic E-state index is -0.346. The quantitative estimate of drug-likeness (QED) is 0.699. The van der Waals surface area contributed by atoms with Gasteiger partial charge in [0.15, 0.2) is 0 Å². The van der Waals surface area contributed by atoms with Crippen molar-refractivity contribution in [1.29, 1.82) is 0 Å². The average molecular weight is 230 g/mol. The van der Waals surface area contributed by atoms with E-state index in [9.17, 15) is 4.79 Å². The highest BCUT2D eigenvalue weighted by Gasteiger charge is 2.30. The van der Waals surface area contributed by atoms with Crippen LogP contribution in [0.25, 0.3) is 0 Å². The number of nitrogens with two attached hydrogens (primary N) is 1. The molecule has 0 aromatic carbocycles. The first-order chi connectivity index (χ1) is 7.48. The first kappa shape index (κ1) is 13.4. The van der Waals surface area contributed by atoms with Crippen molar-refractivity contribution in [1.82, 2.24) is 5.32 Å². The van der Waals surface area contributed by atoms with E-state index in [4.69, 9.17) is 15.2 Å². The predicted octanol–water partition coefficient (Wildman–Crippen LogP) is 0.0339. The molecule has 2 atom stereocenters. The monoisotopic (exact) mass is 230 g/mol. The summed E-state index contributed by atoms with van der Waals surface area (Å²) in [6.07, 6.45) is 1.30. The molecular weight excluding hydrogens is 208 g/mol. The standard InChI is InChI=1S/C11H22N2O3/c1-11(2,15-3)7-13-10(14)9-5-4-8(6-12)16-9/h8-9H,4-7,12H2,1-3H3,(H,13,14)/t8-,9+/m1/s1. The lowest BCUT2D eigenvalue weighted by Gasteiger charge is -2.24. The third-order valence-electron chi connectivity index (χ3n) is 2.90. The molecule has 0 saturated carbocycles. The van der Waals surface area contributed by atoms with Gasteiger partial charge in [0, 0.05) is 20.2 Å². The molecule has 0 unspecified atom stereocenters. The van der Waals surface area contributed by atoms with Gasteiger partial charge in [-0.3, -0.25) is 4.79 Å². The van der Waals surface area contributed by atoms with Crippen molar-refractivity contribution in [2.24, 2.45) is 5.73 Å². The lowest BCUT2D eigenvalue weighted by Crippen LogP contribution is -2.44. The molecule has 1 rings (SSSR count). The van der Waals surface area contributed by atoms with Crippen molar-refractivity contribution in [2.45, 2.75) is 44.5 Å². The van der Waals surface area contributed by atoms with Crippen molar-refractivity contribution in [2.75, 3.05) is 20.2 Å². The minimum Gasteiger partial charge on any atom is -0.377 e. The first-order valence-corrected chi connectivity index (χ1v) is 5.67. The Kier molecular flexibility index (Phi) is 4.70. The van der Waals surface area contributed by atoms with E-state index in [0.717, 1.165) is 12.8 Å². The van der Waals surface area contributed by atoms with Crippen molar-refractivity contribution in [3.05, 3.63) is 0 Å². The van der Waals surface area contributed by atoms with Crippen LogP contribution in [-0.2, 0) is 14.3 Å². The summed E-state index contributed by atoms with van der Waals surface area (Å²) in [5, 5.41) is 2.83. The predicted molar refractivity (Wildman–Crippen MR) is 61.0 cm³/mol. The fourth-order valence-electron chi connectivity index (χ4n) is 1.56. The molecule has 0 bridgehead atoms. The van der Waals surface area contributed by atoms with Crippen LogP contribution in [0.15, 0.2) is 0 Å². The Labute approximate surface area is 96.7 Å². The molecule has 1 aliphatic heterocycles. The zero-order valence-electron chi connectivity index (χ0n) is 10.3. The Morgan fingerprint density at radius 3 is 2.75 bits per heavy atom.